The molecule has 0 aliphatic heterocycles. The molecule has 2 aromatic rings. The third kappa shape index (κ3) is 4.62. The standard InChI is InChI=1S/C12H8F3NO.C2H6/c13-12(14,15)17-11-4-2-1-3-10(11)9-5-7-16-8-6-9;1-2/h1-8H;1-2H3. The maximum Gasteiger partial charge on any atom is 0.573 e. The van der Waals surface area contributed by atoms with E-state index in [1.807, 2.05) is 13.8 Å². The lowest BCUT2D eigenvalue weighted by Crippen LogP contribution is -2.17. The Balaban J connectivity index is 0.000000861. The highest BCUT2D eigenvalue weighted by Gasteiger charge is 2.32. The van der Waals surface area contributed by atoms with Crippen molar-refractivity contribution in [3.8, 4) is 16.9 Å². The molecule has 1 aromatic carbocycles. The minimum atomic E-state index is -4.69. The van der Waals surface area contributed by atoms with Gasteiger partial charge in [-0.2, -0.15) is 0 Å². The van der Waals surface area contributed by atoms with Gasteiger partial charge in [0.05, 0.1) is 0 Å². The van der Waals surface area contributed by atoms with E-state index in [1.165, 1.54) is 24.5 Å². The second-order valence-electron chi connectivity index (χ2n) is 3.28. The fraction of sp³-hybridized carbons (Fsp3) is 0.214. The Morgan fingerprint density at radius 3 is 2.11 bits per heavy atom. The van der Waals surface area contributed by atoms with E-state index < -0.39 is 6.36 Å². The molecular weight excluding hydrogens is 255 g/mol. The SMILES string of the molecule is CC.FC(F)(F)Oc1ccccc1-c1ccncc1. The third-order valence-corrected chi connectivity index (χ3v) is 2.10. The van der Waals surface area contributed by atoms with Crippen molar-refractivity contribution in [2.24, 2.45) is 0 Å². The number of benzene rings is 1. The minimum absolute atomic E-state index is 0.216. The Morgan fingerprint density at radius 2 is 1.53 bits per heavy atom. The van der Waals surface area contributed by atoms with Crippen molar-refractivity contribution in [1.82, 2.24) is 4.98 Å². The van der Waals surface area contributed by atoms with Gasteiger partial charge in [-0.15, -0.1) is 13.2 Å². The van der Waals surface area contributed by atoms with Crippen molar-refractivity contribution < 1.29 is 17.9 Å². The molecule has 0 saturated carbocycles. The van der Waals surface area contributed by atoms with Crippen LogP contribution < -0.4 is 4.74 Å². The lowest BCUT2D eigenvalue weighted by atomic mass is 10.1. The summed E-state index contributed by atoms with van der Waals surface area (Å²) in [6.45, 7) is 4.00. The number of hydrogen-bond donors (Lipinski definition) is 0. The van der Waals surface area contributed by atoms with Crippen LogP contribution in [0.15, 0.2) is 48.8 Å². The Labute approximate surface area is 109 Å². The van der Waals surface area contributed by atoms with Crippen molar-refractivity contribution in [1.29, 1.82) is 0 Å². The average Bonchev–Trinajstić information content (AvgIpc) is 2.41. The van der Waals surface area contributed by atoms with Crippen LogP contribution in [0.5, 0.6) is 5.75 Å². The second kappa shape index (κ2) is 6.78. The number of ether oxygens (including phenoxy) is 1. The van der Waals surface area contributed by atoms with Gasteiger partial charge in [0.15, 0.2) is 0 Å². The molecule has 0 aliphatic rings. The van der Waals surface area contributed by atoms with Gasteiger partial charge in [-0.05, 0) is 23.8 Å². The highest BCUT2D eigenvalue weighted by molar-refractivity contribution is 5.69. The van der Waals surface area contributed by atoms with E-state index in [2.05, 4.69) is 9.72 Å². The molecule has 0 radical (unpaired) electrons. The van der Waals surface area contributed by atoms with E-state index in [1.54, 1.807) is 24.3 Å². The van der Waals surface area contributed by atoms with Crippen LogP contribution in [0.3, 0.4) is 0 Å². The van der Waals surface area contributed by atoms with Gasteiger partial charge in [-0.1, -0.05) is 32.0 Å². The highest BCUT2D eigenvalue weighted by Crippen LogP contribution is 2.33. The second-order valence-corrected chi connectivity index (χ2v) is 3.28. The number of para-hydroxylation sites is 1. The molecule has 0 amide bonds. The molecule has 0 atom stereocenters. The van der Waals surface area contributed by atoms with Gasteiger partial charge in [0.25, 0.3) is 0 Å². The van der Waals surface area contributed by atoms with Crippen LogP contribution in [-0.4, -0.2) is 11.3 Å². The largest absolute Gasteiger partial charge is 0.573 e. The molecule has 1 aromatic heterocycles. The molecule has 0 bridgehead atoms. The highest BCUT2D eigenvalue weighted by atomic mass is 19.4. The maximum absolute atomic E-state index is 12.2. The summed E-state index contributed by atoms with van der Waals surface area (Å²) in [7, 11) is 0. The Bertz CT molecular complexity index is 498. The van der Waals surface area contributed by atoms with E-state index in [9.17, 15) is 13.2 Å². The van der Waals surface area contributed by atoms with Crippen LogP contribution in [0.25, 0.3) is 11.1 Å². The Kier molecular flexibility index (Phi) is 5.36. The summed E-state index contributed by atoms with van der Waals surface area (Å²) in [5.41, 5.74) is 1.01. The molecule has 0 spiro atoms. The molecule has 1 heterocycles. The van der Waals surface area contributed by atoms with Gasteiger partial charge in [-0.3, -0.25) is 4.98 Å². The zero-order chi connectivity index (χ0) is 14.3. The molecular formula is C14H14F3NO. The Morgan fingerprint density at radius 1 is 0.947 bits per heavy atom. The number of pyridine rings is 1. The van der Waals surface area contributed by atoms with E-state index >= 15 is 0 Å². The molecule has 2 nitrogen and oxygen atoms in total. The fourth-order valence-corrected chi connectivity index (χ4v) is 1.45. The first kappa shape index (κ1) is 15.0. The van der Waals surface area contributed by atoms with Crippen molar-refractivity contribution in [2.45, 2.75) is 20.2 Å². The van der Waals surface area contributed by atoms with E-state index in [0.717, 1.165) is 0 Å². The van der Waals surface area contributed by atoms with Crippen molar-refractivity contribution in [3.63, 3.8) is 0 Å². The predicted molar refractivity (Wildman–Crippen MR) is 67.7 cm³/mol. The normalized spacial score (nSPS) is 10.4. The molecule has 102 valence electrons. The first-order valence-electron chi connectivity index (χ1n) is 5.81. The smallest absolute Gasteiger partial charge is 0.405 e. The molecule has 19 heavy (non-hydrogen) atoms. The van der Waals surface area contributed by atoms with Crippen LogP contribution in [0.4, 0.5) is 13.2 Å². The summed E-state index contributed by atoms with van der Waals surface area (Å²) in [4.78, 5) is 3.81. The molecule has 0 aliphatic carbocycles. The maximum atomic E-state index is 12.2. The van der Waals surface area contributed by atoms with Crippen LogP contribution in [0.2, 0.25) is 0 Å². The number of rotatable bonds is 2. The van der Waals surface area contributed by atoms with Gasteiger partial charge in [0.1, 0.15) is 5.75 Å². The molecule has 5 heteroatoms. The van der Waals surface area contributed by atoms with Gasteiger partial charge in [0, 0.05) is 18.0 Å². The van der Waals surface area contributed by atoms with Crippen molar-refractivity contribution in [3.05, 3.63) is 48.8 Å². The van der Waals surface area contributed by atoms with Crippen molar-refractivity contribution in [2.75, 3.05) is 0 Å². The number of alkyl halides is 3. The summed E-state index contributed by atoms with van der Waals surface area (Å²) in [5.74, 6) is -0.216. The van der Waals surface area contributed by atoms with Crippen molar-refractivity contribution >= 4 is 0 Å². The predicted octanol–water partition coefficient (Wildman–Crippen LogP) is 4.67. The molecule has 0 fully saturated rings. The monoisotopic (exact) mass is 269 g/mol. The number of hydrogen-bond acceptors (Lipinski definition) is 2. The molecule has 2 rings (SSSR count). The third-order valence-electron chi connectivity index (χ3n) is 2.10. The minimum Gasteiger partial charge on any atom is -0.405 e. The topological polar surface area (TPSA) is 22.1 Å². The zero-order valence-electron chi connectivity index (χ0n) is 10.6. The lowest BCUT2D eigenvalue weighted by molar-refractivity contribution is -0.274. The van der Waals surface area contributed by atoms with Crippen LogP contribution in [0, 0.1) is 0 Å². The molecule has 0 N–H and O–H groups in total. The van der Waals surface area contributed by atoms with Crippen LogP contribution in [-0.2, 0) is 0 Å². The fourth-order valence-electron chi connectivity index (χ4n) is 1.45. The summed E-state index contributed by atoms with van der Waals surface area (Å²) < 4.78 is 40.6. The van der Waals surface area contributed by atoms with E-state index in [4.69, 9.17) is 0 Å². The summed E-state index contributed by atoms with van der Waals surface area (Å²) in [5, 5.41) is 0. The summed E-state index contributed by atoms with van der Waals surface area (Å²) in [6.07, 6.45) is -1.66. The van der Waals surface area contributed by atoms with Crippen LogP contribution >= 0.6 is 0 Å². The quantitative estimate of drug-likeness (QED) is 0.790. The summed E-state index contributed by atoms with van der Waals surface area (Å²) in [6, 6.07) is 9.24. The van der Waals surface area contributed by atoms with Gasteiger partial charge >= 0.3 is 6.36 Å². The Hall–Kier alpha value is -2.04. The van der Waals surface area contributed by atoms with Gasteiger partial charge in [0.2, 0.25) is 0 Å². The average molecular weight is 269 g/mol. The molecule has 0 saturated heterocycles. The van der Waals surface area contributed by atoms with Gasteiger partial charge < -0.3 is 4.74 Å². The summed E-state index contributed by atoms with van der Waals surface area (Å²) >= 11 is 0. The first-order valence-corrected chi connectivity index (χ1v) is 5.81. The number of halogens is 3. The number of nitrogens with zero attached hydrogens (tertiary/aromatic N) is 1. The zero-order valence-corrected chi connectivity index (χ0v) is 10.6. The van der Waals surface area contributed by atoms with E-state index in [-0.39, 0.29) is 5.75 Å². The lowest BCUT2D eigenvalue weighted by Gasteiger charge is -2.12. The first-order chi connectivity index (χ1) is 9.06. The number of aromatic nitrogens is 1. The van der Waals surface area contributed by atoms with Crippen LogP contribution in [0.1, 0.15) is 13.8 Å². The van der Waals surface area contributed by atoms with E-state index in [0.29, 0.717) is 11.1 Å². The van der Waals surface area contributed by atoms with Gasteiger partial charge in [-0.25, -0.2) is 0 Å². The molecule has 0 unspecified atom stereocenters.